The number of aromatic nitrogens is 4. The van der Waals surface area contributed by atoms with Crippen LogP contribution in [0.3, 0.4) is 0 Å². The zero-order valence-electron chi connectivity index (χ0n) is 15.0. The molecule has 2 aromatic heterocycles. The monoisotopic (exact) mass is 338 g/mol. The maximum Gasteiger partial charge on any atom is 0.261 e. The molecule has 130 valence electrons. The van der Waals surface area contributed by atoms with Gasteiger partial charge in [0.2, 0.25) is 0 Å². The summed E-state index contributed by atoms with van der Waals surface area (Å²) in [6.45, 7) is 6.05. The molecule has 2 unspecified atom stereocenters. The minimum absolute atomic E-state index is 0.0524. The van der Waals surface area contributed by atoms with Crippen molar-refractivity contribution in [2.24, 2.45) is 11.3 Å². The van der Waals surface area contributed by atoms with Gasteiger partial charge in [-0.25, -0.2) is 0 Å². The summed E-state index contributed by atoms with van der Waals surface area (Å²) in [7, 11) is 1.71. The quantitative estimate of drug-likeness (QED) is 0.836. The van der Waals surface area contributed by atoms with Crippen LogP contribution in [0.5, 0.6) is 0 Å². The highest BCUT2D eigenvalue weighted by atomic mass is 16.2. The summed E-state index contributed by atoms with van der Waals surface area (Å²) < 4.78 is 1.87. The van der Waals surface area contributed by atoms with Crippen LogP contribution in [-0.4, -0.2) is 32.9 Å². The van der Waals surface area contributed by atoms with Crippen LogP contribution >= 0.6 is 0 Å². The Balaban J connectivity index is 1.84. The van der Waals surface area contributed by atoms with E-state index in [4.69, 9.17) is 0 Å². The molecule has 0 N–H and O–H groups in total. The van der Waals surface area contributed by atoms with E-state index in [2.05, 4.69) is 35.2 Å². The third-order valence-electron chi connectivity index (χ3n) is 5.53. The summed E-state index contributed by atoms with van der Waals surface area (Å²) >= 11 is 0. The average Bonchev–Trinajstić information content (AvgIpc) is 3.36. The van der Waals surface area contributed by atoms with Gasteiger partial charge in [0.05, 0.1) is 47.4 Å². The van der Waals surface area contributed by atoms with E-state index in [0.29, 0.717) is 11.3 Å². The number of nitriles is 1. The Bertz CT molecular complexity index is 818. The summed E-state index contributed by atoms with van der Waals surface area (Å²) in [6, 6.07) is 4.25. The SMILES string of the molecule is Cc1c(C(=O)N(C)c2ccnnc2)cnn1C(C)C(C)C1(C#N)CC1. The molecule has 0 aromatic carbocycles. The van der Waals surface area contributed by atoms with Gasteiger partial charge in [-0.3, -0.25) is 9.48 Å². The minimum Gasteiger partial charge on any atom is -0.310 e. The molecule has 0 bridgehead atoms. The molecule has 0 saturated heterocycles. The molecule has 1 saturated carbocycles. The molecule has 0 aliphatic heterocycles. The molecule has 7 heteroatoms. The summed E-state index contributed by atoms with van der Waals surface area (Å²) in [5.74, 6) is 0.0409. The molecule has 25 heavy (non-hydrogen) atoms. The number of carbonyl (C=O) groups is 1. The van der Waals surface area contributed by atoms with Gasteiger partial charge in [-0.15, -0.1) is 0 Å². The lowest BCUT2D eigenvalue weighted by molar-refractivity contribution is 0.0992. The highest BCUT2D eigenvalue weighted by molar-refractivity contribution is 6.06. The number of carbonyl (C=O) groups excluding carboxylic acids is 1. The highest BCUT2D eigenvalue weighted by Crippen LogP contribution is 2.54. The lowest BCUT2D eigenvalue weighted by Crippen LogP contribution is -2.27. The van der Waals surface area contributed by atoms with E-state index >= 15 is 0 Å². The Kier molecular flexibility index (Phi) is 4.29. The van der Waals surface area contributed by atoms with Gasteiger partial charge >= 0.3 is 0 Å². The van der Waals surface area contributed by atoms with E-state index in [1.165, 1.54) is 4.90 Å². The lowest BCUT2D eigenvalue weighted by Gasteiger charge is -2.25. The molecular formula is C18H22N6O. The van der Waals surface area contributed by atoms with Gasteiger partial charge in [-0.05, 0) is 38.7 Å². The van der Waals surface area contributed by atoms with Crippen molar-refractivity contribution in [3.63, 3.8) is 0 Å². The third kappa shape index (κ3) is 2.88. The number of hydrogen-bond acceptors (Lipinski definition) is 5. The fourth-order valence-corrected chi connectivity index (χ4v) is 3.30. The fourth-order valence-electron chi connectivity index (χ4n) is 3.30. The van der Waals surface area contributed by atoms with E-state index in [-0.39, 0.29) is 23.3 Å². The Morgan fingerprint density at radius 3 is 2.64 bits per heavy atom. The van der Waals surface area contributed by atoms with Gasteiger partial charge in [0, 0.05) is 12.7 Å². The van der Waals surface area contributed by atoms with E-state index in [1.54, 1.807) is 31.7 Å². The van der Waals surface area contributed by atoms with Crippen molar-refractivity contribution in [2.75, 3.05) is 11.9 Å². The van der Waals surface area contributed by atoms with Gasteiger partial charge in [-0.2, -0.15) is 20.6 Å². The lowest BCUT2D eigenvalue weighted by atomic mass is 9.86. The third-order valence-corrected chi connectivity index (χ3v) is 5.53. The van der Waals surface area contributed by atoms with Crippen LogP contribution in [0.25, 0.3) is 0 Å². The van der Waals surface area contributed by atoms with Crippen LogP contribution in [0.4, 0.5) is 5.69 Å². The molecular weight excluding hydrogens is 316 g/mol. The molecule has 1 aliphatic rings. The van der Waals surface area contributed by atoms with Crippen molar-refractivity contribution in [1.29, 1.82) is 5.26 Å². The van der Waals surface area contributed by atoms with E-state index in [1.807, 2.05) is 11.6 Å². The van der Waals surface area contributed by atoms with Crippen molar-refractivity contribution in [1.82, 2.24) is 20.0 Å². The first-order valence-corrected chi connectivity index (χ1v) is 8.41. The number of rotatable bonds is 5. The molecule has 1 amide bonds. The van der Waals surface area contributed by atoms with Crippen LogP contribution < -0.4 is 4.90 Å². The predicted octanol–water partition coefficient (Wildman–Crippen LogP) is 2.76. The summed E-state index contributed by atoms with van der Waals surface area (Å²) in [5, 5.41) is 21.4. The predicted molar refractivity (Wildman–Crippen MR) is 92.9 cm³/mol. The second-order valence-corrected chi connectivity index (χ2v) is 6.85. The van der Waals surface area contributed by atoms with Gasteiger partial charge in [0.1, 0.15) is 0 Å². The molecule has 0 spiro atoms. The van der Waals surface area contributed by atoms with Crippen LogP contribution in [0.15, 0.2) is 24.7 Å². The largest absolute Gasteiger partial charge is 0.310 e. The van der Waals surface area contributed by atoms with E-state index in [9.17, 15) is 10.1 Å². The van der Waals surface area contributed by atoms with Gasteiger partial charge in [-0.1, -0.05) is 6.92 Å². The van der Waals surface area contributed by atoms with Crippen molar-refractivity contribution in [2.45, 2.75) is 39.7 Å². The highest BCUT2D eigenvalue weighted by Gasteiger charge is 2.50. The number of amides is 1. The number of hydrogen-bond donors (Lipinski definition) is 0. The standard InChI is InChI=1S/C18H22N6O/c1-12(18(11-19)6-7-18)13(2)24-14(3)16(10-22-24)17(25)23(4)15-5-8-20-21-9-15/h5,8-10,12-13H,6-7H2,1-4H3. The van der Waals surface area contributed by atoms with Crippen LogP contribution in [0.1, 0.15) is 48.8 Å². The van der Waals surface area contributed by atoms with Crippen molar-refractivity contribution < 1.29 is 4.79 Å². The fraction of sp³-hybridized carbons (Fsp3) is 0.500. The Morgan fingerprint density at radius 2 is 2.08 bits per heavy atom. The summed E-state index contributed by atoms with van der Waals surface area (Å²) in [6.07, 6.45) is 6.60. The van der Waals surface area contributed by atoms with Crippen molar-refractivity contribution in [3.05, 3.63) is 35.9 Å². The molecule has 1 aliphatic carbocycles. The maximum atomic E-state index is 12.8. The molecule has 3 rings (SSSR count). The van der Waals surface area contributed by atoms with E-state index in [0.717, 1.165) is 18.5 Å². The Morgan fingerprint density at radius 1 is 1.36 bits per heavy atom. The first-order valence-electron chi connectivity index (χ1n) is 8.41. The molecule has 2 aromatic rings. The molecule has 2 heterocycles. The molecule has 1 fully saturated rings. The zero-order chi connectivity index (χ0) is 18.2. The number of anilines is 1. The normalized spacial score (nSPS) is 17.4. The van der Waals surface area contributed by atoms with Gasteiger partial charge in [0.15, 0.2) is 0 Å². The minimum atomic E-state index is -0.235. The second-order valence-electron chi connectivity index (χ2n) is 6.85. The van der Waals surface area contributed by atoms with Gasteiger partial charge < -0.3 is 4.90 Å². The van der Waals surface area contributed by atoms with Crippen molar-refractivity contribution >= 4 is 11.6 Å². The molecule has 0 radical (unpaired) electrons. The van der Waals surface area contributed by atoms with E-state index < -0.39 is 0 Å². The average molecular weight is 338 g/mol. The van der Waals surface area contributed by atoms with Gasteiger partial charge in [0.25, 0.3) is 5.91 Å². The topological polar surface area (TPSA) is 87.7 Å². The molecule has 7 nitrogen and oxygen atoms in total. The maximum absolute atomic E-state index is 12.8. The Labute approximate surface area is 147 Å². The van der Waals surface area contributed by atoms with Crippen molar-refractivity contribution in [3.8, 4) is 6.07 Å². The summed E-state index contributed by atoms with van der Waals surface area (Å²) in [5.41, 5.74) is 1.81. The van der Waals surface area contributed by atoms with Crippen LogP contribution in [0.2, 0.25) is 0 Å². The first kappa shape index (κ1) is 17.1. The summed E-state index contributed by atoms with van der Waals surface area (Å²) in [4.78, 5) is 14.3. The smallest absolute Gasteiger partial charge is 0.261 e. The van der Waals surface area contributed by atoms with Crippen LogP contribution in [0, 0.1) is 29.6 Å². The zero-order valence-corrected chi connectivity index (χ0v) is 15.0. The second kappa shape index (κ2) is 6.28. The van der Waals surface area contributed by atoms with Crippen LogP contribution in [-0.2, 0) is 0 Å². The number of nitrogens with zero attached hydrogens (tertiary/aromatic N) is 6. The Hall–Kier alpha value is -2.75. The molecule has 2 atom stereocenters. The first-order chi connectivity index (χ1) is 11.9.